The van der Waals surface area contributed by atoms with Gasteiger partial charge in [0.15, 0.2) is 11.1 Å². The molecular formula is C58H58N6O10. The van der Waals surface area contributed by atoms with Crippen LogP contribution in [0.3, 0.4) is 0 Å². The Hall–Kier alpha value is -7.82. The van der Waals surface area contributed by atoms with Gasteiger partial charge in [-0.05, 0) is 100 Å². The standard InChI is InChI=1S/2C29H29N3O5/c2*1-6-37-26(35)28(36)16-27(19-10-7-8-11-21(19)30(4)24(27)33)22-12-9-13-32(22)29(28)20-15-17(2)14-18(3)23(20)31(5)25(29)34/h2*7-15,36H,6,16H2,1-5H3/t2*27-,28+,29-/m00/s1. The lowest BCUT2D eigenvalue weighted by atomic mass is 9.59. The Morgan fingerprint density at radius 2 is 0.865 bits per heavy atom. The van der Waals surface area contributed by atoms with Crippen LogP contribution in [-0.2, 0) is 60.1 Å². The van der Waals surface area contributed by atoms with Gasteiger partial charge in [0.2, 0.25) is 23.0 Å². The lowest BCUT2D eigenvalue weighted by Crippen LogP contribution is -2.71. The second-order valence-electron chi connectivity index (χ2n) is 20.7. The number of para-hydroxylation sites is 2. The predicted molar refractivity (Wildman–Crippen MR) is 275 cm³/mol. The fourth-order valence-electron chi connectivity index (χ4n) is 14.2. The SMILES string of the molecule is CCOC(=O)[C@]1(O)C[C@@]2(C(=O)N(C)c3ccccc32)c2cccn2[C@@]12C(=O)N(C)c1c(C)cc(C)cc12.CCOC(=O)[C@]1(O)C[C@@]2(C(=O)N(C)c3ccccc32)c2cccn2[C@@]12C(=O)N(C)c1c(C)cc(C)cc12. The number of carbonyl (C=O) groups is 6. The first-order chi connectivity index (χ1) is 35.1. The molecule has 16 nitrogen and oxygen atoms in total. The van der Waals surface area contributed by atoms with Gasteiger partial charge < -0.3 is 48.4 Å². The summed E-state index contributed by atoms with van der Waals surface area (Å²) in [6.45, 7) is 11.0. The van der Waals surface area contributed by atoms with Crippen LogP contribution < -0.4 is 19.6 Å². The summed E-state index contributed by atoms with van der Waals surface area (Å²) >= 11 is 0. The van der Waals surface area contributed by atoms with E-state index in [1.165, 1.54) is 9.80 Å². The van der Waals surface area contributed by atoms with Crippen LogP contribution in [0.1, 0.15) is 82.6 Å². The van der Waals surface area contributed by atoms with Crippen LogP contribution in [0.25, 0.3) is 0 Å². The Kier molecular flexibility index (Phi) is 10.4. The Balaban J connectivity index is 0.000000159. The number of likely N-dealkylation sites (N-methyl/N-ethyl adjacent to an activating group) is 4. The largest absolute Gasteiger partial charge is 0.464 e. The lowest BCUT2D eigenvalue weighted by Gasteiger charge is -2.52. The summed E-state index contributed by atoms with van der Waals surface area (Å²) in [6, 6.07) is 29.6. The van der Waals surface area contributed by atoms with Crippen LogP contribution in [0.4, 0.5) is 22.7 Å². The lowest BCUT2D eigenvalue weighted by molar-refractivity contribution is -0.185. The van der Waals surface area contributed by atoms with Crippen molar-refractivity contribution in [3.05, 3.63) is 165 Å². The van der Waals surface area contributed by atoms with E-state index in [0.717, 1.165) is 22.3 Å². The van der Waals surface area contributed by atoms with E-state index < -0.39 is 56.9 Å². The third kappa shape index (κ3) is 5.38. The Labute approximate surface area is 428 Å². The molecule has 0 saturated heterocycles. The van der Waals surface area contributed by atoms with Gasteiger partial charge in [0.05, 0.1) is 24.6 Å². The van der Waals surface area contributed by atoms with Gasteiger partial charge in [-0.15, -0.1) is 0 Å². The maximum atomic E-state index is 14.4. The zero-order valence-corrected chi connectivity index (χ0v) is 43.1. The van der Waals surface area contributed by atoms with Crippen molar-refractivity contribution < 1.29 is 48.5 Å². The van der Waals surface area contributed by atoms with Crippen molar-refractivity contribution in [1.29, 1.82) is 0 Å². The van der Waals surface area contributed by atoms with Gasteiger partial charge in [0.1, 0.15) is 10.8 Å². The number of benzene rings is 4. The molecule has 4 spiro atoms. The van der Waals surface area contributed by atoms with Gasteiger partial charge in [0, 0.05) is 87.3 Å². The first kappa shape index (κ1) is 48.4. The minimum absolute atomic E-state index is 0.0108. The van der Waals surface area contributed by atoms with Crippen LogP contribution in [0.15, 0.2) is 109 Å². The molecule has 380 valence electrons. The Morgan fingerprint density at radius 3 is 1.23 bits per heavy atom. The van der Waals surface area contributed by atoms with E-state index in [9.17, 15) is 39.0 Å². The van der Waals surface area contributed by atoms with E-state index in [0.29, 0.717) is 56.4 Å². The van der Waals surface area contributed by atoms with E-state index in [1.54, 1.807) is 85.5 Å². The molecule has 0 saturated carbocycles. The number of nitrogens with zero attached hydrogens (tertiary/aromatic N) is 6. The molecule has 2 N–H and O–H groups in total. The highest BCUT2D eigenvalue weighted by Gasteiger charge is 2.77. The average molecular weight is 999 g/mol. The molecule has 74 heavy (non-hydrogen) atoms. The van der Waals surface area contributed by atoms with E-state index >= 15 is 0 Å². The van der Waals surface area contributed by atoms with Crippen molar-refractivity contribution in [2.24, 2.45) is 0 Å². The molecule has 0 fully saturated rings. The summed E-state index contributed by atoms with van der Waals surface area (Å²) < 4.78 is 14.3. The van der Waals surface area contributed by atoms with Crippen molar-refractivity contribution >= 4 is 58.3 Å². The van der Waals surface area contributed by atoms with Crippen molar-refractivity contribution in [2.75, 3.05) is 61.0 Å². The fraction of sp³-hybridized carbons (Fsp3) is 0.345. The van der Waals surface area contributed by atoms with Gasteiger partial charge in [-0.2, -0.15) is 0 Å². The molecular weight excluding hydrogens is 941 g/mol. The number of amides is 4. The highest BCUT2D eigenvalue weighted by Crippen LogP contribution is 2.64. The number of aryl methyl sites for hydroxylation is 4. The molecule has 0 unspecified atom stereocenters. The van der Waals surface area contributed by atoms with E-state index in [4.69, 9.17) is 9.47 Å². The van der Waals surface area contributed by atoms with Crippen molar-refractivity contribution in [2.45, 2.75) is 87.5 Å². The quantitative estimate of drug-likeness (QED) is 0.212. The molecule has 0 aliphatic carbocycles. The van der Waals surface area contributed by atoms with Crippen LogP contribution in [0.5, 0.6) is 0 Å². The van der Waals surface area contributed by atoms with E-state index in [1.807, 2.05) is 113 Å². The molecule has 6 aliphatic rings. The summed E-state index contributed by atoms with van der Waals surface area (Å²) in [7, 11) is 6.68. The summed E-state index contributed by atoms with van der Waals surface area (Å²) in [4.78, 5) is 91.0. The Bertz CT molecular complexity index is 3280. The van der Waals surface area contributed by atoms with Crippen LogP contribution >= 0.6 is 0 Å². The number of anilines is 4. The Morgan fingerprint density at radius 1 is 0.500 bits per heavy atom. The molecule has 6 atom stereocenters. The van der Waals surface area contributed by atoms with Crippen molar-refractivity contribution in [3.8, 4) is 0 Å². The minimum atomic E-state index is -2.39. The third-order valence-electron chi connectivity index (χ3n) is 16.9. The third-order valence-corrected chi connectivity index (χ3v) is 16.9. The molecule has 0 bridgehead atoms. The molecule has 6 aliphatic heterocycles. The smallest absolute Gasteiger partial charge is 0.341 e. The number of esters is 2. The van der Waals surface area contributed by atoms with E-state index in [2.05, 4.69) is 0 Å². The zero-order valence-electron chi connectivity index (χ0n) is 43.1. The first-order valence-corrected chi connectivity index (χ1v) is 24.8. The number of aliphatic hydroxyl groups is 2. The maximum absolute atomic E-state index is 14.4. The van der Waals surface area contributed by atoms with Gasteiger partial charge in [-0.1, -0.05) is 71.8 Å². The number of rotatable bonds is 4. The topological polar surface area (TPSA) is 184 Å². The van der Waals surface area contributed by atoms with Gasteiger partial charge >= 0.3 is 11.9 Å². The normalized spacial score (nSPS) is 27.6. The molecule has 0 radical (unpaired) electrons. The zero-order chi connectivity index (χ0) is 53.0. The maximum Gasteiger partial charge on any atom is 0.341 e. The number of ether oxygens (including phenoxy) is 2. The molecule has 2 aromatic heterocycles. The first-order valence-electron chi connectivity index (χ1n) is 24.8. The highest BCUT2D eigenvalue weighted by atomic mass is 16.6. The predicted octanol–water partition coefficient (Wildman–Crippen LogP) is 5.57. The number of hydrogen-bond acceptors (Lipinski definition) is 10. The van der Waals surface area contributed by atoms with Gasteiger partial charge in [-0.3, -0.25) is 19.2 Å². The second kappa shape index (κ2) is 15.8. The van der Waals surface area contributed by atoms with Gasteiger partial charge in [-0.25, -0.2) is 9.59 Å². The number of aromatic nitrogens is 2. The minimum Gasteiger partial charge on any atom is -0.464 e. The fourth-order valence-corrected chi connectivity index (χ4v) is 14.2. The summed E-state index contributed by atoms with van der Waals surface area (Å²) in [5, 5.41) is 25.5. The molecule has 6 aromatic rings. The summed E-state index contributed by atoms with van der Waals surface area (Å²) in [6.07, 6.45) is 2.70. The van der Waals surface area contributed by atoms with Crippen molar-refractivity contribution in [1.82, 2.24) is 9.13 Å². The summed E-state index contributed by atoms with van der Waals surface area (Å²) in [5.41, 5.74) is -1.57. The van der Waals surface area contributed by atoms with Gasteiger partial charge in [0.25, 0.3) is 11.8 Å². The van der Waals surface area contributed by atoms with Crippen LogP contribution in [0.2, 0.25) is 0 Å². The average Bonchev–Trinajstić information content (AvgIpc) is 4.22. The molecule has 16 heteroatoms. The highest BCUT2D eigenvalue weighted by molar-refractivity contribution is 6.17. The molecule has 8 heterocycles. The monoisotopic (exact) mass is 998 g/mol. The number of hydrogen-bond donors (Lipinski definition) is 2. The van der Waals surface area contributed by atoms with Crippen molar-refractivity contribution in [3.63, 3.8) is 0 Å². The van der Waals surface area contributed by atoms with Crippen LogP contribution in [0, 0.1) is 27.7 Å². The molecule has 4 aromatic carbocycles. The number of fused-ring (bicyclic) bond motifs is 14. The molecule has 12 rings (SSSR count). The van der Waals surface area contributed by atoms with Crippen LogP contribution in [-0.4, -0.2) is 108 Å². The van der Waals surface area contributed by atoms with E-state index in [-0.39, 0.29) is 37.9 Å². The number of carbonyl (C=O) groups excluding carboxylic acids is 6. The molecule has 4 amide bonds. The summed E-state index contributed by atoms with van der Waals surface area (Å²) in [5.74, 6) is -3.31. The second-order valence-corrected chi connectivity index (χ2v) is 20.7.